The van der Waals surface area contributed by atoms with E-state index in [4.69, 9.17) is 0 Å². The molecule has 132 valence electrons. The van der Waals surface area contributed by atoms with Crippen molar-refractivity contribution in [1.29, 1.82) is 0 Å². The maximum atomic E-state index is 13.1. The van der Waals surface area contributed by atoms with Crippen LogP contribution in [0.15, 0.2) is 54.9 Å². The average molecular weight is 346 g/mol. The quantitative estimate of drug-likeness (QED) is 0.785. The van der Waals surface area contributed by atoms with E-state index >= 15 is 0 Å². The summed E-state index contributed by atoms with van der Waals surface area (Å²) in [6.45, 7) is 4.99. The topological polar surface area (TPSA) is 61.9 Å². The Kier molecular flexibility index (Phi) is 4.29. The first-order chi connectivity index (χ1) is 12.6. The van der Waals surface area contributed by atoms with Crippen molar-refractivity contribution in [1.82, 2.24) is 20.1 Å². The summed E-state index contributed by atoms with van der Waals surface area (Å²) in [7, 11) is 0. The number of hydrogen-bond donors (Lipinski definition) is 1. The van der Waals surface area contributed by atoms with Gasteiger partial charge in [-0.05, 0) is 38.0 Å². The monoisotopic (exact) mass is 346 g/mol. The lowest BCUT2D eigenvalue weighted by molar-refractivity contribution is 0.0746. The molecule has 2 atom stereocenters. The van der Waals surface area contributed by atoms with Crippen LogP contribution < -0.4 is 0 Å². The summed E-state index contributed by atoms with van der Waals surface area (Å²) in [6.07, 6.45) is 2.47. The molecule has 0 radical (unpaired) electrons. The first kappa shape index (κ1) is 16.5. The van der Waals surface area contributed by atoms with Crippen molar-refractivity contribution in [2.24, 2.45) is 0 Å². The van der Waals surface area contributed by atoms with Gasteiger partial charge in [-0.2, -0.15) is 5.10 Å². The summed E-state index contributed by atoms with van der Waals surface area (Å²) >= 11 is 0. The number of rotatable bonds is 3. The van der Waals surface area contributed by atoms with Gasteiger partial charge in [0.2, 0.25) is 0 Å². The van der Waals surface area contributed by atoms with Crippen molar-refractivity contribution in [3.8, 4) is 11.4 Å². The normalized spacial score (nSPS) is 19.7. The zero-order valence-corrected chi connectivity index (χ0v) is 15.0. The molecule has 26 heavy (non-hydrogen) atoms. The van der Waals surface area contributed by atoms with Gasteiger partial charge in [0, 0.05) is 29.6 Å². The van der Waals surface area contributed by atoms with Crippen LogP contribution in [0.2, 0.25) is 0 Å². The number of aryl methyl sites for hydroxylation is 1. The number of nitrogens with zero attached hydrogens (tertiary/aromatic N) is 3. The van der Waals surface area contributed by atoms with Gasteiger partial charge in [-0.1, -0.05) is 42.0 Å². The second-order valence-electron chi connectivity index (χ2n) is 7.06. The highest BCUT2D eigenvalue weighted by molar-refractivity contribution is 5.95. The summed E-state index contributed by atoms with van der Waals surface area (Å²) in [4.78, 5) is 19.2. The molecule has 0 aliphatic carbocycles. The van der Waals surface area contributed by atoms with Gasteiger partial charge in [0.25, 0.3) is 5.91 Å². The largest absolute Gasteiger partial charge is 0.335 e. The standard InChI is InChI=1S/C21H22N4O/c1-14-6-8-16(9-7-14)19-10-15(2)25(12-19)21(26)18-5-3-4-17(11-18)20-22-13-23-24-20/h3-9,11,13,15,19H,10,12H2,1-2H3,(H,22,23,24)/t15-,19-/m0/s1. The molecule has 3 aromatic rings. The van der Waals surface area contributed by atoms with Gasteiger partial charge in [0.05, 0.1) is 0 Å². The maximum Gasteiger partial charge on any atom is 0.254 e. The number of hydrogen-bond acceptors (Lipinski definition) is 3. The fourth-order valence-electron chi connectivity index (χ4n) is 3.70. The summed E-state index contributed by atoms with van der Waals surface area (Å²) < 4.78 is 0. The highest BCUT2D eigenvalue weighted by atomic mass is 16.2. The molecular weight excluding hydrogens is 324 g/mol. The molecule has 1 aliphatic rings. The van der Waals surface area contributed by atoms with Crippen LogP contribution >= 0.6 is 0 Å². The third-order valence-corrected chi connectivity index (χ3v) is 5.18. The maximum absolute atomic E-state index is 13.1. The number of carbonyl (C=O) groups excluding carboxylic acids is 1. The van der Waals surface area contributed by atoms with E-state index in [1.54, 1.807) is 0 Å². The Hall–Kier alpha value is -2.95. The first-order valence-electron chi connectivity index (χ1n) is 8.95. The molecule has 5 heteroatoms. The minimum atomic E-state index is 0.0773. The minimum absolute atomic E-state index is 0.0773. The molecule has 1 amide bonds. The summed E-state index contributed by atoms with van der Waals surface area (Å²) in [5.74, 6) is 1.15. The van der Waals surface area contributed by atoms with E-state index in [1.165, 1.54) is 17.5 Å². The van der Waals surface area contributed by atoms with Crippen LogP contribution in [0.1, 0.15) is 40.7 Å². The fourth-order valence-corrected chi connectivity index (χ4v) is 3.70. The molecule has 1 aromatic heterocycles. The van der Waals surface area contributed by atoms with Crippen molar-refractivity contribution < 1.29 is 4.79 Å². The van der Waals surface area contributed by atoms with Crippen LogP contribution in [0.5, 0.6) is 0 Å². The average Bonchev–Trinajstić information content (AvgIpc) is 3.32. The van der Waals surface area contributed by atoms with Gasteiger partial charge in [-0.3, -0.25) is 9.89 Å². The predicted molar refractivity (Wildman–Crippen MR) is 101 cm³/mol. The molecule has 1 saturated heterocycles. The van der Waals surface area contributed by atoms with E-state index < -0.39 is 0 Å². The molecule has 0 saturated carbocycles. The lowest BCUT2D eigenvalue weighted by Gasteiger charge is -2.22. The molecule has 1 aliphatic heterocycles. The van der Waals surface area contributed by atoms with Crippen molar-refractivity contribution >= 4 is 5.91 Å². The van der Waals surface area contributed by atoms with Crippen molar-refractivity contribution in [3.63, 3.8) is 0 Å². The van der Waals surface area contributed by atoms with E-state index in [0.717, 1.165) is 18.5 Å². The van der Waals surface area contributed by atoms with E-state index in [0.29, 0.717) is 17.3 Å². The third kappa shape index (κ3) is 3.12. The van der Waals surface area contributed by atoms with Gasteiger partial charge < -0.3 is 4.90 Å². The molecule has 1 fully saturated rings. The van der Waals surface area contributed by atoms with Crippen LogP contribution in [0, 0.1) is 6.92 Å². The predicted octanol–water partition coefficient (Wildman–Crippen LogP) is 3.80. The zero-order chi connectivity index (χ0) is 18.1. The fraction of sp³-hybridized carbons (Fsp3) is 0.286. The third-order valence-electron chi connectivity index (χ3n) is 5.18. The summed E-state index contributed by atoms with van der Waals surface area (Å²) in [5, 5.41) is 6.73. The van der Waals surface area contributed by atoms with E-state index in [-0.39, 0.29) is 11.9 Å². The molecular formula is C21H22N4O. The van der Waals surface area contributed by atoms with Crippen LogP contribution in [0.25, 0.3) is 11.4 Å². The zero-order valence-electron chi connectivity index (χ0n) is 15.0. The Bertz CT molecular complexity index is 902. The number of aromatic amines is 1. The van der Waals surface area contributed by atoms with Crippen molar-refractivity contribution in [2.45, 2.75) is 32.2 Å². The van der Waals surface area contributed by atoms with Crippen LogP contribution in [-0.2, 0) is 0 Å². The van der Waals surface area contributed by atoms with E-state index in [1.807, 2.05) is 29.2 Å². The Morgan fingerprint density at radius 1 is 1.19 bits per heavy atom. The molecule has 0 spiro atoms. The lowest BCUT2D eigenvalue weighted by atomic mass is 9.96. The molecule has 2 aromatic carbocycles. The minimum Gasteiger partial charge on any atom is -0.335 e. The molecule has 4 rings (SSSR count). The summed E-state index contributed by atoms with van der Waals surface area (Å²) in [5.41, 5.74) is 4.13. The van der Waals surface area contributed by atoms with E-state index in [2.05, 4.69) is 53.3 Å². The van der Waals surface area contributed by atoms with E-state index in [9.17, 15) is 4.79 Å². The SMILES string of the molecule is Cc1ccc([C@H]2C[C@H](C)N(C(=O)c3cccc(-c4ncn[nH]4)c3)C2)cc1. The molecule has 1 N–H and O–H groups in total. The first-order valence-corrected chi connectivity index (χ1v) is 8.95. The molecule has 0 unspecified atom stereocenters. The van der Waals surface area contributed by atoms with Crippen molar-refractivity contribution in [2.75, 3.05) is 6.54 Å². The number of likely N-dealkylation sites (tertiary alicyclic amines) is 1. The van der Waals surface area contributed by atoms with Gasteiger partial charge in [0.1, 0.15) is 6.33 Å². The number of benzene rings is 2. The number of carbonyl (C=O) groups is 1. The Labute approximate surface area is 153 Å². The molecule has 0 bridgehead atoms. The Morgan fingerprint density at radius 2 is 2.00 bits per heavy atom. The highest BCUT2D eigenvalue weighted by Crippen LogP contribution is 2.33. The number of nitrogens with one attached hydrogen (secondary N) is 1. The molecule has 5 nitrogen and oxygen atoms in total. The smallest absolute Gasteiger partial charge is 0.254 e. The Morgan fingerprint density at radius 3 is 2.73 bits per heavy atom. The summed E-state index contributed by atoms with van der Waals surface area (Å²) in [6, 6.07) is 16.5. The second-order valence-corrected chi connectivity index (χ2v) is 7.06. The van der Waals surface area contributed by atoms with Gasteiger partial charge >= 0.3 is 0 Å². The number of amides is 1. The van der Waals surface area contributed by atoms with Crippen molar-refractivity contribution in [3.05, 3.63) is 71.5 Å². The Balaban J connectivity index is 1.55. The van der Waals surface area contributed by atoms with Crippen LogP contribution in [-0.4, -0.2) is 38.6 Å². The van der Waals surface area contributed by atoms with Gasteiger partial charge in [-0.25, -0.2) is 4.98 Å². The lowest BCUT2D eigenvalue weighted by Crippen LogP contribution is -2.33. The number of aromatic nitrogens is 3. The number of H-pyrrole nitrogens is 1. The van der Waals surface area contributed by atoms with Crippen LogP contribution in [0.3, 0.4) is 0 Å². The molecule has 2 heterocycles. The highest BCUT2D eigenvalue weighted by Gasteiger charge is 2.33. The van der Waals surface area contributed by atoms with Crippen LogP contribution in [0.4, 0.5) is 0 Å². The second kappa shape index (κ2) is 6.75. The van der Waals surface area contributed by atoms with Gasteiger partial charge in [-0.15, -0.1) is 0 Å². The van der Waals surface area contributed by atoms with Gasteiger partial charge in [0.15, 0.2) is 5.82 Å².